The van der Waals surface area contributed by atoms with Crippen molar-refractivity contribution in [1.82, 2.24) is 10.2 Å². The Bertz CT molecular complexity index is 611. The van der Waals surface area contributed by atoms with Crippen LogP contribution in [0.5, 0.6) is 0 Å². The van der Waals surface area contributed by atoms with Gasteiger partial charge >= 0.3 is 6.03 Å². The number of carbonyl (C=O) groups is 3. The minimum Gasteiger partial charge on any atom is -0.277 e. The predicted octanol–water partition coefficient (Wildman–Crippen LogP) is 2.17. The minimum atomic E-state index is -0.736. The number of hydrogen-bond donors (Lipinski definition) is 1. The van der Waals surface area contributed by atoms with E-state index in [1.54, 1.807) is 0 Å². The Morgan fingerprint density at radius 3 is 2.76 bits per heavy atom. The monoisotopic (exact) mass is 286 g/mol. The van der Waals surface area contributed by atoms with Gasteiger partial charge in [-0.1, -0.05) is 37.6 Å². The van der Waals surface area contributed by atoms with E-state index in [-0.39, 0.29) is 11.9 Å². The van der Waals surface area contributed by atoms with Crippen LogP contribution in [0.3, 0.4) is 0 Å². The highest BCUT2D eigenvalue weighted by Gasteiger charge is 2.44. The fourth-order valence-electron chi connectivity index (χ4n) is 3.27. The molecule has 0 bridgehead atoms. The molecule has 1 aromatic carbocycles. The van der Waals surface area contributed by atoms with Gasteiger partial charge < -0.3 is 0 Å². The molecule has 2 unspecified atom stereocenters. The fraction of sp³-hybridized carbons (Fsp3) is 0.438. The molecule has 0 radical (unpaired) electrons. The second-order valence-electron chi connectivity index (χ2n) is 5.60. The molecule has 3 rings (SSSR count). The van der Waals surface area contributed by atoms with E-state index in [1.807, 2.05) is 31.2 Å². The highest BCUT2D eigenvalue weighted by molar-refractivity contribution is 6.16. The zero-order valence-electron chi connectivity index (χ0n) is 12.0. The average Bonchev–Trinajstić information content (AvgIpc) is 2.87. The molecule has 21 heavy (non-hydrogen) atoms. The van der Waals surface area contributed by atoms with Gasteiger partial charge in [-0.05, 0) is 30.4 Å². The number of barbiturate groups is 1. The number of nitrogens with one attached hydrogen (secondary N) is 1. The normalized spacial score (nSPS) is 25.0. The molecule has 2 aliphatic rings. The second kappa shape index (κ2) is 5.31. The molecule has 0 spiro atoms. The number of nitrogens with zero attached hydrogens (tertiary/aromatic N) is 1. The van der Waals surface area contributed by atoms with Gasteiger partial charge in [-0.3, -0.25) is 19.8 Å². The molecule has 1 aromatic rings. The summed E-state index contributed by atoms with van der Waals surface area (Å²) in [4.78, 5) is 37.8. The van der Waals surface area contributed by atoms with Gasteiger partial charge in [0.05, 0.1) is 6.04 Å². The number of amides is 4. The topological polar surface area (TPSA) is 66.5 Å². The third-order valence-electron chi connectivity index (χ3n) is 4.29. The molecule has 2 atom stereocenters. The first-order valence-corrected chi connectivity index (χ1v) is 7.39. The summed E-state index contributed by atoms with van der Waals surface area (Å²) >= 11 is 0. The van der Waals surface area contributed by atoms with Crippen molar-refractivity contribution in [2.24, 2.45) is 5.92 Å². The van der Waals surface area contributed by atoms with E-state index in [1.165, 1.54) is 10.5 Å². The number of hydrogen-bond acceptors (Lipinski definition) is 3. The molecule has 1 aliphatic heterocycles. The van der Waals surface area contributed by atoms with E-state index in [9.17, 15) is 14.4 Å². The lowest BCUT2D eigenvalue weighted by atomic mass is 9.97. The van der Waals surface area contributed by atoms with Crippen molar-refractivity contribution < 1.29 is 14.4 Å². The number of fused-ring (bicyclic) bond motifs is 1. The SMILES string of the molecule is CCCC1C(=O)NC(=O)N(C2CCc3ccccc32)C1=O. The molecule has 5 heteroatoms. The van der Waals surface area contributed by atoms with E-state index in [0.717, 1.165) is 24.8 Å². The smallest absolute Gasteiger partial charge is 0.277 e. The largest absolute Gasteiger partial charge is 0.331 e. The van der Waals surface area contributed by atoms with Crippen molar-refractivity contribution >= 4 is 17.8 Å². The fourth-order valence-corrected chi connectivity index (χ4v) is 3.27. The zero-order chi connectivity index (χ0) is 15.0. The molecule has 4 amide bonds. The summed E-state index contributed by atoms with van der Waals surface area (Å²) < 4.78 is 0. The highest BCUT2D eigenvalue weighted by atomic mass is 16.2. The Balaban J connectivity index is 1.92. The van der Waals surface area contributed by atoms with Gasteiger partial charge in [-0.25, -0.2) is 4.79 Å². The first kappa shape index (κ1) is 13.8. The molecule has 1 saturated heterocycles. The summed E-state index contributed by atoms with van der Waals surface area (Å²) in [6, 6.07) is 7.02. The standard InChI is InChI=1S/C16H18N2O3/c1-2-5-12-14(19)17-16(21)18(15(12)20)13-9-8-10-6-3-4-7-11(10)13/h3-4,6-7,12-13H,2,5,8-9H2,1H3,(H,17,19,21). The lowest BCUT2D eigenvalue weighted by molar-refractivity contribution is -0.144. The second-order valence-corrected chi connectivity index (χ2v) is 5.60. The van der Waals surface area contributed by atoms with Crippen LogP contribution in [0.1, 0.15) is 43.4 Å². The molecule has 1 aliphatic carbocycles. The van der Waals surface area contributed by atoms with E-state index in [4.69, 9.17) is 0 Å². The summed E-state index contributed by atoms with van der Waals surface area (Å²) in [5.41, 5.74) is 2.19. The Kier molecular flexibility index (Phi) is 3.49. The van der Waals surface area contributed by atoms with Crippen LogP contribution in [0.25, 0.3) is 0 Å². The van der Waals surface area contributed by atoms with E-state index < -0.39 is 17.9 Å². The summed E-state index contributed by atoms with van der Waals surface area (Å²) in [5, 5.41) is 2.33. The maximum absolute atomic E-state index is 12.6. The Hall–Kier alpha value is -2.17. The van der Waals surface area contributed by atoms with Gasteiger partial charge in [0, 0.05) is 0 Å². The van der Waals surface area contributed by atoms with Crippen LogP contribution in [0.4, 0.5) is 4.79 Å². The van der Waals surface area contributed by atoms with Crippen LogP contribution in [-0.2, 0) is 16.0 Å². The van der Waals surface area contributed by atoms with E-state index in [2.05, 4.69) is 5.32 Å². The minimum absolute atomic E-state index is 0.249. The van der Waals surface area contributed by atoms with Crippen molar-refractivity contribution in [3.8, 4) is 0 Å². The van der Waals surface area contributed by atoms with Crippen LogP contribution in [-0.4, -0.2) is 22.7 Å². The van der Waals surface area contributed by atoms with Gasteiger partial charge in [-0.15, -0.1) is 0 Å². The van der Waals surface area contributed by atoms with E-state index in [0.29, 0.717) is 6.42 Å². The molecule has 0 saturated carbocycles. The Morgan fingerprint density at radius 2 is 2.00 bits per heavy atom. The van der Waals surface area contributed by atoms with E-state index >= 15 is 0 Å². The number of urea groups is 1. The van der Waals surface area contributed by atoms with Gasteiger partial charge in [0.25, 0.3) is 0 Å². The number of carbonyl (C=O) groups excluding carboxylic acids is 3. The molecule has 1 N–H and O–H groups in total. The van der Waals surface area contributed by atoms with Gasteiger partial charge in [0.2, 0.25) is 11.8 Å². The van der Waals surface area contributed by atoms with Crippen molar-refractivity contribution in [3.63, 3.8) is 0 Å². The highest BCUT2D eigenvalue weighted by Crippen LogP contribution is 2.37. The third kappa shape index (κ3) is 2.22. The van der Waals surface area contributed by atoms with Gasteiger partial charge in [0.15, 0.2) is 0 Å². The summed E-state index contributed by atoms with van der Waals surface area (Å²) in [6.07, 6.45) is 2.78. The predicted molar refractivity (Wildman–Crippen MR) is 76.3 cm³/mol. The number of aryl methyl sites for hydroxylation is 1. The molecule has 110 valence electrons. The number of rotatable bonds is 3. The lowest BCUT2D eigenvalue weighted by Gasteiger charge is -2.34. The van der Waals surface area contributed by atoms with Crippen molar-refractivity contribution in [2.45, 2.75) is 38.6 Å². The third-order valence-corrected chi connectivity index (χ3v) is 4.29. The summed E-state index contributed by atoms with van der Waals surface area (Å²) in [7, 11) is 0. The molecule has 5 nitrogen and oxygen atoms in total. The molecule has 0 aromatic heterocycles. The lowest BCUT2D eigenvalue weighted by Crippen LogP contribution is -2.58. The zero-order valence-corrected chi connectivity index (χ0v) is 12.0. The number of imide groups is 2. The van der Waals surface area contributed by atoms with Crippen molar-refractivity contribution in [1.29, 1.82) is 0 Å². The van der Waals surface area contributed by atoms with Crippen LogP contribution in [0.2, 0.25) is 0 Å². The maximum Gasteiger partial charge on any atom is 0.331 e. The van der Waals surface area contributed by atoms with Crippen LogP contribution in [0.15, 0.2) is 24.3 Å². The molecule has 1 fully saturated rings. The summed E-state index contributed by atoms with van der Waals surface area (Å²) in [5.74, 6) is -1.55. The average molecular weight is 286 g/mol. The van der Waals surface area contributed by atoms with Crippen molar-refractivity contribution in [2.75, 3.05) is 0 Å². The van der Waals surface area contributed by atoms with Crippen LogP contribution in [0, 0.1) is 5.92 Å². The quantitative estimate of drug-likeness (QED) is 0.866. The molecular formula is C16H18N2O3. The Labute approximate surface area is 123 Å². The molecule has 1 heterocycles. The first-order chi connectivity index (χ1) is 10.1. The molecular weight excluding hydrogens is 268 g/mol. The maximum atomic E-state index is 12.6. The van der Waals surface area contributed by atoms with Gasteiger partial charge in [0.1, 0.15) is 5.92 Å². The number of benzene rings is 1. The first-order valence-electron chi connectivity index (χ1n) is 7.39. The Morgan fingerprint density at radius 1 is 1.24 bits per heavy atom. The van der Waals surface area contributed by atoms with Gasteiger partial charge in [-0.2, -0.15) is 0 Å². The van der Waals surface area contributed by atoms with Crippen LogP contribution >= 0.6 is 0 Å². The van der Waals surface area contributed by atoms with Crippen LogP contribution < -0.4 is 5.32 Å². The van der Waals surface area contributed by atoms with Crippen molar-refractivity contribution in [3.05, 3.63) is 35.4 Å². The summed E-state index contributed by atoms with van der Waals surface area (Å²) in [6.45, 7) is 1.92.